The van der Waals surface area contributed by atoms with Gasteiger partial charge in [0.05, 0.1) is 16.8 Å². The van der Waals surface area contributed by atoms with Crippen LogP contribution in [0.25, 0.3) is 0 Å². The van der Waals surface area contributed by atoms with Gasteiger partial charge in [-0.2, -0.15) is 0 Å². The summed E-state index contributed by atoms with van der Waals surface area (Å²) in [6, 6.07) is 0. The van der Waals surface area contributed by atoms with E-state index in [0.29, 0.717) is 0 Å². The predicted octanol–water partition coefficient (Wildman–Crippen LogP) is 1.02. The second-order valence-corrected chi connectivity index (χ2v) is 10.2. The highest BCUT2D eigenvalue weighted by Gasteiger charge is 2.28. The van der Waals surface area contributed by atoms with E-state index >= 15 is 0 Å². The number of nitrogens with zero attached hydrogens (tertiary/aromatic N) is 2. The fourth-order valence-corrected chi connectivity index (χ4v) is 2.86. The van der Waals surface area contributed by atoms with E-state index in [2.05, 4.69) is 4.98 Å². The molecule has 0 saturated heterocycles. The molecular weight excluding hydrogens is 300 g/mol. The number of hydrogen-bond acceptors (Lipinski definition) is 5. The Morgan fingerprint density at radius 3 is 2.22 bits per heavy atom. The zero-order valence-electron chi connectivity index (χ0n) is 10.3. The lowest BCUT2D eigenvalue weighted by Crippen LogP contribution is -2.31. The van der Waals surface area contributed by atoms with Crippen molar-refractivity contribution in [2.24, 2.45) is 0 Å². The van der Waals surface area contributed by atoms with Crippen LogP contribution in [0.2, 0.25) is 0 Å². The molecule has 1 rings (SSSR count). The molecule has 0 unspecified atom stereocenters. The zero-order chi connectivity index (χ0) is 14.2. The van der Waals surface area contributed by atoms with Crippen molar-refractivity contribution in [2.75, 3.05) is 5.75 Å². The molecule has 9 heteroatoms. The lowest BCUT2D eigenvalue weighted by molar-refractivity contribution is 0.553. The molecule has 0 aromatic carbocycles. The summed E-state index contributed by atoms with van der Waals surface area (Å²) in [6.45, 7) is 4.99. The van der Waals surface area contributed by atoms with Gasteiger partial charge in [0.25, 0.3) is 9.05 Å². The summed E-state index contributed by atoms with van der Waals surface area (Å²) in [5.74, 6) is -0.0887. The van der Waals surface area contributed by atoms with Gasteiger partial charge in [-0.15, -0.1) is 0 Å². The number of aromatic nitrogens is 2. The Morgan fingerprint density at radius 1 is 1.28 bits per heavy atom. The van der Waals surface area contributed by atoms with E-state index in [9.17, 15) is 16.8 Å². The molecule has 0 spiro atoms. The molecular formula is C9H15ClN2O4S2. The van der Waals surface area contributed by atoms with Gasteiger partial charge in [0.1, 0.15) is 0 Å². The van der Waals surface area contributed by atoms with E-state index < -0.39 is 23.6 Å². The molecule has 1 heterocycles. The number of aryl methyl sites for hydroxylation is 1. The first-order valence-corrected chi connectivity index (χ1v) is 9.08. The number of hydrogen-bond donors (Lipinski definition) is 0. The minimum atomic E-state index is -3.87. The quantitative estimate of drug-likeness (QED) is 0.775. The number of imidazole rings is 1. The summed E-state index contributed by atoms with van der Waals surface area (Å²) >= 11 is 0. The first-order valence-electron chi connectivity index (χ1n) is 5.12. The average molecular weight is 315 g/mol. The zero-order valence-corrected chi connectivity index (χ0v) is 12.7. The van der Waals surface area contributed by atoms with E-state index in [1.807, 2.05) is 0 Å². The van der Waals surface area contributed by atoms with Gasteiger partial charge < -0.3 is 4.57 Å². The van der Waals surface area contributed by atoms with E-state index in [0.717, 1.165) is 0 Å². The van der Waals surface area contributed by atoms with E-state index in [4.69, 9.17) is 10.7 Å². The van der Waals surface area contributed by atoms with Gasteiger partial charge in [0.2, 0.25) is 0 Å². The lowest BCUT2D eigenvalue weighted by atomic mass is 10.3. The van der Waals surface area contributed by atoms with Crippen molar-refractivity contribution in [3.63, 3.8) is 0 Å². The number of halogens is 1. The van der Waals surface area contributed by atoms with Crippen molar-refractivity contribution in [3.05, 3.63) is 12.5 Å². The minimum Gasteiger partial charge on any atom is -0.335 e. The highest BCUT2D eigenvalue weighted by Crippen LogP contribution is 2.17. The van der Waals surface area contributed by atoms with Gasteiger partial charge in [-0.05, 0) is 20.8 Å². The lowest BCUT2D eigenvalue weighted by Gasteiger charge is -2.18. The summed E-state index contributed by atoms with van der Waals surface area (Å²) in [5, 5.41) is -0.280. The maximum atomic E-state index is 11.9. The van der Waals surface area contributed by atoms with Crippen molar-refractivity contribution in [1.82, 2.24) is 9.55 Å². The van der Waals surface area contributed by atoms with E-state index in [1.54, 1.807) is 20.8 Å². The molecule has 1 aromatic heterocycles. The highest BCUT2D eigenvalue weighted by atomic mass is 35.7. The Balaban J connectivity index is 2.81. The molecule has 0 aliphatic rings. The van der Waals surface area contributed by atoms with Crippen molar-refractivity contribution in [3.8, 4) is 0 Å². The molecule has 0 aliphatic heterocycles. The van der Waals surface area contributed by atoms with Gasteiger partial charge in [-0.1, -0.05) is 0 Å². The molecule has 0 fully saturated rings. The SMILES string of the molecule is CC(C)(C)S(=O)(=O)CCn1cnc(S(=O)(=O)Cl)c1. The summed E-state index contributed by atoms with van der Waals surface area (Å²) in [7, 11) is -2.01. The first-order chi connectivity index (χ1) is 7.93. The summed E-state index contributed by atoms with van der Waals surface area (Å²) in [6.07, 6.45) is 2.45. The molecule has 0 bridgehead atoms. The van der Waals surface area contributed by atoms with Crippen LogP contribution in [-0.2, 0) is 25.4 Å². The summed E-state index contributed by atoms with van der Waals surface area (Å²) in [5.41, 5.74) is 0. The maximum Gasteiger partial charge on any atom is 0.280 e. The second kappa shape index (κ2) is 4.82. The third-order valence-electron chi connectivity index (χ3n) is 2.41. The highest BCUT2D eigenvalue weighted by molar-refractivity contribution is 8.13. The van der Waals surface area contributed by atoms with Crippen LogP contribution in [0.3, 0.4) is 0 Å². The fourth-order valence-electron chi connectivity index (χ4n) is 1.12. The second-order valence-electron chi connectivity index (χ2n) is 4.82. The normalized spacial score (nSPS) is 13.8. The molecule has 104 valence electrons. The minimum absolute atomic E-state index is 0.0887. The molecule has 0 aliphatic carbocycles. The smallest absolute Gasteiger partial charge is 0.280 e. The Labute approximate surface area is 111 Å². The van der Waals surface area contributed by atoms with Crippen LogP contribution in [0.4, 0.5) is 0 Å². The van der Waals surface area contributed by atoms with E-state index in [1.165, 1.54) is 17.1 Å². The Morgan fingerprint density at radius 2 is 1.83 bits per heavy atom. The topological polar surface area (TPSA) is 86.1 Å². The Bertz CT molecular complexity index is 626. The molecule has 6 nitrogen and oxygen atoms in total. The molecule has 0 N–H and O–H groups in total. The van der Waals surface area contributed by atoms with Crippen LogP contribution >= 0.6 is 10.7 Å². The predicted molar refractivity (Wildman–Crippen MR) is 68.8 cm³/mol. The van der Waals surface area contributed by atoms with Crippen molar-refractivity contribution in [1.29, 1.82) is 0 Å². The molecule has 0 radical (unpaired) electrons. The molecule has 18 heavy (non-hydrogen) atoms. The fraction of sp³-hybridized carbons (Fsp3) is 0.667. The molecule has 1 aromatic rings. The third kappa shape index (κ3) is 3.69. The van der Waals surface area contributed by atoms with Gasteiger partial charge in [-0.3, -0.25) is 0 Å². The Hall–Kier alpha value is -0.600. The van der Waals surface area contributed by atoms with Crippen LogP contribution in [0, 0.1) is 0 Å². The van der Waals surface area contributed by atoms with Crippen LogP contribution in [0.15, 0.2) is 17.6 Å². The molecule has 0 saturated carbocycles. The standard InChI is InChI=1S/C9H15ClN2O4S2/c1-9(2,3)17(13,14)5-4-12-6-8(11-7-12)18(10,15)16/h6-7H,4-5H2,1-3H3. The van der Waals surface area contributed by atoms with Gasteiger partial charge in [-0.25, -0.2) is 21.8 Å². The van der Waals surface area contributed by atoms with Crippen molar-refractivity contribution in [2.45, 2.75) is 37.1 Å². The monoisotopic (exact) mass is 314 g/mol. The van der Waals surface area contributed by atoms with Crippen LogP contribution in [-0.4, -0.2) is 36.9 Å². The largest absolute Gasteiger partial charge is 0.335 e. The third-order valence-corrected chi connectivity index (χ3v) is 6.18. The Kier molecular flexibility index (Phi) is 4.14. The molecule has 0 atom stereocenters. The average Bonchev–Trinajstić information content (AvgIpc) is 2.60. The van der Waals surface area contributed by atoms with Crippen molar-refractivity contribution >= 4 is 29.6 Å². The summed E-state index contributed by atoms with van der Waals surface area (Å²) < 4.78 is 46.2. The van der Waals surface area contributed by atoms with Gasteiger partial charge >= 0.3 is 0 Å². The van der Waals surface area contributed by atoms with Crippen LogP contribution < -0.4 is 0 Å². The van der Waals surface area contributed by atoms with Gasteiger partial charge in [0, 0.05) is 23.4 Å². The van der Waals surface area contributed by atoms with Crippen LogP contribution in [0.5, 0.6) is 0 Å². The molecule has 0 amide bonds. The van der Waals surface area contributed by atoms with E-state index in [-0.39, 0.29) is 17.3 Å². The number of sulfone groups is 1. The maximum absolute atomic E-state index is 11.9. The van der Waals surface area contributed by atoms with Crippen LogP contribution in [0.1, 0.15) is 20.8 Å². The van der Waals surface area contributed by atoms with Gasteiger partial charge in [0.15, 0.2) is 14.9 Å². The number of rotatable bonds is 4. The summed E-state index contributed by atoms with van der Waals surface area (Å²) in [4.78, 5) is 3.60. The first kappa shape index (κ1) is 15.5. The van der Waals surface area contributed by atoms with Crippen molar-refractivity contribution < 1.29 is 16.8 Å².